The van der Waals surface area contributed by atoms with Crippen LogP contribution in [0.1, 0.15) is 59.8 Å². The Morgan fingerprint density at radius 2 is 1.30 bits per heavy atom. The number of hydrogen-bond donors (Lipinski definition) is 0. The summed E-state index contributed by atoms with van der Waals surface area (Å²) in [7, 11) is 0. The van der Waals surface area contributed by atoms with Crippen LogP contribution in [-0.2, 0) is 9.59 Å². The number of nitrogens with zero attached hydrogens (tertiary/aromatic N) is 1. The first kappa shape index (κ1) is 18.5. The number of halogens is 1. The van der Waals surface area contributed by atoms with Crippen molar-refractivity contribution in [3.63, 3.8) is 0 Å². The zero-order chi connectivity index (χ0) is 19.6. The normalized spacial score (nSPS) is 24.1. The second kappa shape index (κ2) is 6.07. The van der Waals surface area contributed by atoms with Gasteiger partial charge in [-0.2, -0.15) is 0 Å². The van der Waals surface area contributed by atoms with Gasteiger partial charge in [-0.05, 0) is 35.8 Å². The minimum absolute atomic E-state index is 0.0956. The highest BCUT2D eigenvalue weighted by atomic mass is 35.5. The summed E-state index contributed by atoms with van der Waals surface area (Å²) in [5.74, 6) is 0.338. The largest absolute Gasteiger partial charge is 0.316 e. The molecule has 0 spiro atoms. The van der Waals surface area contributed by atoms with E-state index in [1.54, 1.807) is 0 Å². The zero-order valence-electron chi connectivity index (χ0n) is 16.5. The lowest BCUT2D eigenvalue weighted by atomic mass is 9.68. The summed E-state index contributed by atoms with van der Waals surface area (Å²) >= 11 is 6.58. The smallest absolute Gasteiger partial charge is 0.161 e. The summed E-state index contributed by atoms with van der Waals surface area (Å²) < 4.78 is 0. The lowest BCUT2D eigenvalue weighted by Crippen LogP contribution is -2.42. The number of para-hydroxylation sites is 1. The number of allylic oxidation sites excluding steroid dienone is 4. The van der Waals surface area contributed by atoms with Gasteiger partial charge in [-0.1, -0.05) is 51.4 Å². The lowest BCUT2D eigenvalue weighted by molar-refractivity contribution is -0.118. The van der Waals surface area contributed by atoms with E-state index in [1.807, 2.05) is 24.3 Å². The average molecular weight is 384 g/mol. The number of carbonyl (C=O) groups is 2. The van der Waals surface area contributed by atoms with E-state index >= 15 is 0 Å². The SMILES string of the molecule is CC1(C)CC(=O)C2=C(C1)N(c1ccccc1Cl)C1=C(C2)C(=O)CC(C)(C)C1. The molecule has 1 aliphatic heterocycles. The molecule has 0 amide bonds. The van der Waals surface area contributed by atoms with Gasteiger partial charge in [0.15, 0.2) is 11.6 Å². The minimum atomic E-state index is -0.0956. The fourth-order valence-electron chi connectivity index (χ4n) is 4.74. The number of ketones is 2. The Morgan fingerprint density at radius 3 is 1.78 bits per heavy atom. The number of carbonyl (C=O) groups excluding carboxylic acids is 2. The molecular weight excluding hydrogens is 358 g/mol. The molecule has 0 fully saturated rings. The molecule has 142 valence electrons. The molecule has 27 heavy (non-hydrogen) atoms. The van der Waals surface area contributed by atoms with Crippen molar-refractivity contribution < 1.29 is 9.59 Å². The van der Waals surface area contributed by atoms with Gasteiger partial charge in [0.1, 0.15) is 0 Å². The van der Waals surface area contributed by atoms with Crippen LogP contribution in [0, 0.1) is 10.8 Å². The molecule has 0 atom stereocenters. The first-order valence-corrected chi connectivity index (χ1v) is 10.0. The standard InChI is InChI=1S/C23H26ClNO2/c1-22(2)10-18-14(20(26)12-22)9-15-19(11-23(3,4)13-21(15)27)25(18)17-8-6-5-7-16(17)24/h5-8H,9-13H2,1-4H3. The molecule has 1 heterocycles. The van der Waals surface area contributed by atoms with Crippen molar-refractivity contribution in [1.29, 1.82) is 0 Å². The molecular formula is C23H26ClNO2. The predicted octanol–water partition coefficient (Wildman–Crippen LogP) is 5.84. The lowest BCUT2D eigenvalue weighted by Gasteiger charge is -2.46. The van der Waals surface area contributed by atoms with Gasteiger partial charge in [0.25, 0.3) is 0 Å². The molecule has 0 bridgehead atoms. The Bertz CT molecular complexity index is 868. The van der Waals surface area contributed by atoms with Crippen LogP contribution in [0.5, 0.6) is 0 Å². The molecule has 4 heteroatoms. The van der Waals surface area contributed by atoms with Gasteiger partial charge in [-0.15, -0.1) is 0 Å². The summed E-state index contributed by atoms with van der Waals surface area (Å²) in [5.41, 5.74) is 4.36. The van der Waals surface area contributed by atoms with Crippen molar-refractivity contribution in [2.24, 2.45) is 10.8 Å². The minimum Gasteiger partial charge on any atom is -0.316 e. The third-order valence-electron chi connectivity index (χ3n) is 5.93. The molecule has 0 N–H and O–H groups in total. The number of anilines is 1. The molecule has 1 aromatic carbocycles. The third-order valence-corrected chi connectivity index (χ3v) is 6.25. The van der Waals surface area contributed by atoms with Crippen LogP contribution < -0.4 is 4.90 Å². The maximum Gasteiger partial charge on any atom is 0.161 e. The molecule has 0 aromatic heterocycles. The van der Waals surface area contributed by atoms with Crippen molar-refractivity contribution >= 4 is 28.9 Å². The van der Waals surface area contributed by atoms with Crippen LogP contribution in [0.3, 0.4) is 0 Å². The molecule has 2 aliphatic carbocycles. The van der Waals surface area contributed by atoms with Gasteiger partial charge >= 0.3 is 0 Å². The monoisotopic (exact) mass is 383 g/mol. The Balaban J connectivity index is 1.95. The fraction of sp³-hybridized carbons (Fsp3) is 0.478. The molecule has 0 unspecified atom stereocenters. The highest BCUT2D eigenvalue weighted by Crippen LogP contribution is 2.51. The molecule has 0 radical (unpaired) electrons. The fourth-order valence-corrected chi connectivity index (χ4v) is 4.96. The Hall–Kier alpha value is -1.87. The van der Waals surface area contributed by atoms with Crippen LogP contribution in [0.2, 0.25) is 5.02 Å². The predicted molar refractivity (Wildman–Crippen MR) is 109 cm³/mol. The van der Waals surface area contributed by atoms with E-state index in [4.69, 9.17) is 11.6 Å². The Kier molecular flexibility index (Phi) is 4.15. The second-order valence-corrected chi connectivity index (χ2v) is 10.1. The average Bonchev–Trinajstić information content (AvgIpc) is 2.53. The first-order chi connectivity index (χ1) is 12.6. The Morgan fingerprint density at radius 1 is 0.815 bits per heavy atom. The van der Waals surface area contributed by atoms with E-state index in [-0.39, 0.29) is 22.4 Å². The molecule has 1 aromatic rings. The summed E-state index contributed by atoms with van der Waals surface area (Å²) in [5, 5.41) is 0.643. The second-order valence-electron chi connectivity index (χ2n) is 9.70. The van der Waals surface area contributed by atoms with Crippen molar-refractivity contribution in [3.05, 3.63) is 51.8 Å². The first-order valence-electron chi connectivity index (χ1n) is 9.63. The van der Waals surface area contributed by atoms with Crippen LogP contribution in [-0.4, -0.2) is 11.6 Å². The summed E-state index contributed by atoms with van der Waals surface area (Å²) in [6, 6.07) is 7.73. The van der Waals surface area contributed by atoms with E-state index in [0.29, 0.717) is 24.3 Å². The van der Waals surface area contributed by atoms with Crippen molar-refractivity contribution in [2.45, 2.75) is 59.8 Å². The van der Waals surface area contributed by atoms with Crippen LogP contribution in [0.4, 0.5) is 5.69 Å². The highest BCUT2D eigenvalue weighted by Gasteiger charge is 2.44. The van der Waals surface area contributed by atoms with E-state index in [9.17, 15) is 9.59 Å². The van der Waals surface area contributed by atoms with Crippen LogP contribution in [0.25, 0.3) is 0 Å². The van der Waals surface area contributed by atoms with Crippen LogP contribution in [0.15, 0.2) is 46.8 Å². The topological polar surface area (TPSA) is 37.4 Å². The quantitative estimate of drug-likeness (QED) is 0.611. The molecule has 3 nitrogen and oxygen atoms in total. The van der Waals surface area contributed by atoms with Gasteiger partial charge in [0.2, 0.25) is 0 Å². The maximum absolute atomic E-state index is 13.0. The molecule has 3 aliphatic rings. The summed E-state index contributed by atoms with van der Waals surface area (Å²) in [6.07, 6.45) is 3.17. The van der Waals surface area contributed by atoms with Gasteiger partial charge in [0.05, 0.1) is 10.7 Å². The van der Waals surface area contributed by atoms with Gasteiger partial charge in [0, 0.05) is 41.8 Å². The van der Waals surface area contributed by atoms with E-state index < -0.39 is 0 Å². The molecule has 0 saturated heterocycles. The van der Waals surface area contributed by atoms with Crippen LogP contribution >= 0.6 is 11.6 Å². The Labute approximate surface area is 166 Å². The highest BCUT2D eigenvalue weighted by molar-refractivity contribution is 6.33. The number of Topliss-reactive ketones (excluding diaryl/α,β-unsaturated/α-hetero) is 2. The summed E-state index contributed by atoms with van der Waals surface area (Å²) in [6.45, 7) is 8.55. The van der Waals surface area contributed by atoms with E-state index in [1.165, 1.54) is 0 Å². The number of rotatable bonds is 1. The number of hydrogen-bond acceptors (Lipinski definition) is 3. The van der Waals surface area contributed by atoms with E-state index in [2.05, 4.69) is 32.6 Å². The number of benzene rings is 1. The summed E-state index contributed by atoms with van der Waals surface area (Å²) in [4.78, 5) is 28.1. The molecule has 4 rings (SSSR count). The van der Waals surface area contributed by atoms with E-state index in [0.717, 1.165) is 41.1 Å². The zero-order valence-corrected chi connectivity index (χ0v) is 17.2. The molecule has 0 saturated carbocycles. The van der Waals surface area contributed by atoms with Gasteiger partial charge in [-0.3, -0.25) is 9.59 Å². The van der Waals surface area contributed by atoms with Crippen molar-refractivity contribution in [1.82, 2.24) is 0 Å². The van der Waals surface area contributed by atoms with Crippen molar-refractivity contribution in [3.8, 4) is 0 Å². The van der Waals surface area contributed by atoms with Gasteiger partial charge in [-0.25, -0.2) is 0 Å². The van der Waals surface area contributed by atoms with Gasteiger partial charge < -0.3 is 4.90 Å². The third kappa shape index (κ3) is 3.16. The van der Waals surface area contributed by atoms with Crippen molar-refractivity contribution in [2.75, 3.05) is 4.90 Å². The maximum atomic E-state index is 13.0.